The fourth-order valence-electron chi connectivity index (χ4n) is 2.69. The van der Waals surface area contributed by atoms with Crippen molar-refractivity contribution < 1.29 is 23.7 Å². The number of hydrogen-bond donors (Lipinski definition) is 2. The Morgan fingerprint density at radius 1 is 0.933 bits per heavy atom. The van der Waals surface area contributed by atoms with Gasteiger partial charge in [0.15, 0.2) is 23.0 Å². The second kappa shape index (κ2) is 10.6. The third kappa shape index (κ3) is 5.35. The summed E-state index contributed by atoms with van der Waals surface area (Å²) in [5.74, 6) is 1.68. The fraction of sp³-hybridized carbons (Fsp3) is 0.273. The SMILES string of the molecule is COc1ccc(NC(=O)/C(C#N)=C\NC(C)c2ccc(OC)c(OC)c2)cc1OC. The van der Waals surface area contributed by atoms with Gasteiger partial charge in [-0.05, 0) is 36.8 Å². The van der Waals surface area contributed by atoms with Crippen molar-refractivity contribution in [3.05, 3.63) is 53.7 Å². The van der Waals surface area contributed by atoms with Crippen LogP contribution in [0.25, 0.3) is 0 Å². The summed E-state index contributed by atoms with van der Waals surface area (Å²) >= 11 is 0. The van der Waals surface area contributed by atoms with E-state index in [0.29, 0.717) is 28.7 Å². The lowest BCUT2D eigenvalue weighted by Crippen LogP contribution is -2.18. The Bertz CT molecular complexity index is 966. The molecular formula is C22H25N3O5. The lowest BCUT2D eigenvalue weighted by molar-refractivity contribution is -0.112. The van der Waals surface area contributed by atoms with Crippen molar-refractivity contribution in [3.63, 3.8) is 0 Å². The van der Waals surface area contributed by atoms with Crippen LogP contribution in [0.3, 0.4) is 0 Å². The summed E-state index contributed by atoms with van der Waals surface area (Å²) in [7, 11) is 6.16. The van der Waals surface area contributed by atoms with Crippen molar-refractivity contribution in [2.45, 2.75) is 13.0 Å². The quantitative estimate of drug-likeness (QED) is 0.481. The topological polar surface area (TPSA) is 102 Å². The van der Waals surface area contributed by atoms with Gasteiger partial charge in [-0.15, -0.1) is 0 Å². The average Bonchev–Trinajstić information content (AvgIpc) is 2.78. The first-order chi connectivity index (χ1) is 14.5. The van der Waals surface area contributed by atoms with Crippen LogP contribution in [0.4, 0.5) is 5.69 Å². The van der Waals surface area contributed by atoms with Crippen LogP contribution in [-0.2, 0) is 4.79 Å². The number of carbonyl (C=O) groups excluding carboxylic acids is 1. The van der Waals surface area contributed by atoms with Crippen LogP contribution in [0.1, 0.15) is 18.5 Å². The van der Waals surface area contributed by atoms with E-state index in [1.807, 2.05) is 25.1 Å². The number of hydrogen-bond acceptors (Lipinski definition) is 7. The lowest BCUT2D eigenvalue weighted by atomic mass is 10.1. The molecule has 1 atom stereocenters. The minimum absolute atomic E-state index is 0.0721. The summed E-state index contributed by atoms with van der Waals surface area (Å²) in [5, 5.41) is 15.1. The zero-order valence-corrected chi connectivity index (χ0v) is 17.6. The van der Waals surface area contributed by atoms with Gasteiger partial charge in [0.25, 0.3) is 5.91 Å². The Balaban J connectivity index is 2.11. The van der Waals surface area contributed by atoms with E-state index in [1.165, 1.54) is 20.4 Å². The number of methoxy groups -OCH3 is 4. The van der Waals surface area contributed by atoms with Gasteiger partial charge in [0.2, 0.25) is 0 Å². The summed E-state index contributed by atoms with van der Waals surface area (Å²) in [6.07, 6.45) is 1.39. The summed E-state index contributed by atoms with van der Waals surface area (Å²) in [6.45, 7) is 1.90. The van der Waals surface area contributed by atoms with E-state index in [4.69, 9.17) is 18.9 Å². The summed E-state index contributed by atoms with van der Waals surface area (Å²) in [6, 6.07) is 12.2. The molecule has 0 saturated heterocycles. The van der Waals surface area contributed by atoms with Crippen LogP contribution in [0, 0.1) is 11.3 Å². The first kappa shape index (κ1) is 22.4. The number of nitrogens with one attached hydrogen (secondary N) is 2. The zero-order valence-electron chi connectivity index (χ0n) is 17.6. The Labute approximate surface area is 176 Å². The summed E-state index contributed by atoms with van der Waals surface area (Å²) < 4.78 is 20.9. The van der Waals surface area contributed by atoms with Crippen LogP contribution in [-0.4, -0.2) is 34.3 Å². The van der Waals surface area contributed by atoms with Crippen LogP contribution < -0.4 is 29.6 Å². The van der Waals surface area contributed by atoms with Gasteiger partial charge in [-0.3, -0.25) is 4.79 Å². The third-order valence-electron chi connectivity index (χ3n) is 4.39. The number of anilines is 1. The molecule has 2 aromatic rings. The Hall–Kier alpha value is -3.86. The monoisotopic (exact) mass is 411 g/mol. The molecule has 0 aliphatic rings. The van der Waals surface area contributed by atoms with E-state index in [2.05, 4.69) is 10.6 Å². The second-order valence-electron chi connectivity index (χ2n) is 6.20. The van der Waals surface area contributed by atoms with E-state index in [9.17, 15) is 10.1 Å². The Morgan fingerprint density at radius 3 is 2.07 bits per heavy atom. The number of nitrogens with zero attached hydrogens (tertiary/aromatic N) is 1. The molecule has 1 unspecified atom stereocenters. The van der Waals surface area contributed by atoms with Gasteiger partial charge in [-0.2, -0.15) is 5.26 Å². The highest BCUT2D eigenvalue weighted by molar-refractivity contribution is 6.06. The lowest BCUT2D eigenvalue weighted by Gasteiger charge is -2.15. The minimum atomic E-state index is -0.545. The Morgan fingerprint density at radius 2 is 1.50 bits per heavy atom. The second-order valence-corrected chi connectivity index (χ2v) is 6.20. The van der Waals surface area contributed by atoms with Gasteiger partial charge < -0.3 is 29.6 Å². The molecule has 30 heavy (non-hydrogen) atoms. The molecule has 8 heteroatoms. The number of ether oxygens (including phenoxy) is 4. The maximum atomic E-state index is 12.5. The molecular weight excluding hydrogens is 386 g/mol. The first-order valence-corrected chi connectivity index (χ1v) is 9.09. The number of amides is 1. The smallest absolute Gasteiger partial charge is 0.267 e. The van der Waals surface area contributed by atoms with Crippen molar-refractivity contribution in [1.82, 2.24) is 5.32 Å². The minimum Gasteiger partial charge on any atom is -0.493 e. The number of carbonyl (C=O) groups is 1. The maximum Gasteiger partial charge on any atom is 0.267 e. The van der Waals surface area contributed by atoms with E-state index < -0.39 is 5.91 Å². The predicted octanol–water partition coefficient (Wildman–Crippen LogP) is 3.42. The van der Waals surface area contributed by atoms with Crippen LogP contribution >= 0.6 is 0 Å². The highest BCUT2D eigenvalue weighted by Crippen LogP contribution is 2.31. The molecule has 0 fully saturated rings. The zero-order chi connectivity index (χ0) is 22.1. The van der Waals surface area contributed by atoms with Gasteiger partial charge in [0.05, 0.1) is 28.4 Å². The molecule has 2 aromatic carbocycles. The van der Waals surface area contributed by atoms with E-state index in [0.717, 1.165) is 5.56 Å². The maximum absolute atomic E-state index is 12.5. The van der Waals surface area contributed by atoms with Gasteiger partial charge in [-0.25, -0.2) is 0 Å². The van der Waals surface area contributed by atoms with Crippen molar-refractivity contribution in [3.8, 4) is 29.1 Å². The molecule has 0 aromatic heterocycles. The Kier molecular flexibility index (Phi) is 7.94. The van der Waals surface area contributed by atoms with Crippen molar-refractivity contribution in [1.29, 1.82) is 5.26 Å². The number of rotatable bonds is 9. The van der Waals surface area contributed by atoms with Crippen molar-refractivity contribution in [2.24, 2.45) is 0 Å². The molecule has 0 radical (unpaired) electrons. The van der Waals surface area contributed by atoms with E-state index in [-0.39, 0.29) is 11.6 Å². The predicted molar refractivity (Wildman–Crippen MR) is 113 cm³/mol. The average molecular weight is 411 g/mol. The molecule has 2 rings (SSSR count). The van der Waals surface area contributed by atoms with Crippen LogP contribution in [0.15, 0.2) is 48.2 Å². The molecule has 158 valence electrons. The van der Waals surface area contributed by atoms with Crippen molar-refractivity contribution >= 4 is 11.6 Å². The highest BCUT2D eigenvalue weighted by atomic mass is 16.5. The van der Waals surface area contributed by atoms with E-state index in [1.54, 1.807) is 38.5 Å². The molecule has 0 bridgehead atoms. The fourth-order valence-corrected chi connectivity index (χ4v) is 2.69. The summed E-state index contributed by atoms with van der Waals surface area (Å²) in [5.41, 5.74) is 1.31. The molecule has 0 aliphatic carbocycles. The van der Waals surface area contributed by atoms with Gasteiger partial charge in [-0.1, -0.05) is 6.07 Å². The highest BCUT2D eigenvalue weighted by Gasteiger charge is 2.13. The number of nitriles is 1. The molecule has 1 amide bonds. The van der Waals surface area contributed by atoms with Gasteiger partial charge in [0.1, 0.15) is 11.6 Å². The van der Waals surface area contributed by atoms with Gasteiger partial charge >= 0.3 is 0 Å². The van der Waals surface area contributed by atoms with E-state index >= 15 is 0 Å². The van der Waals surface area contributed by atoms with Crippen LogP contribution in [0.2, 0.25) is 0 Å². The van der Waals surface area contributed by atoms with Crippen molar-refractivity contribution in [2.75, 3.05) is 33.8 Å². The summed E-state index contributed by atoms with van der Waals surface area (Å²) in [4.78, 5) is 12.5. The third-order valence-corrected chi connectivity index (χ3v) is 4.39. The number of benzene rings is 2. The largest absolute Gasteiger partial charge is 0.493 e. The first-order valence-electron chi connectivity index (χ1n) is 9.09. The molecule has 0 aliphatic heterocycles. The molecule has 0 heterocycles. The van der Waals surface area contributed by atoms with Crippen LogP contribution in [0.5, 0.6) is 23.0 Å². The normalized spacial score (nSPS) is 11.7. The molecule has 0 saturated carbocycles. The molecule has 2 N–H and O–H groups in total. The van der Waals surface area contributed by atoms with Gasteiger partial charge in [0, 0.05) is 24.0 Å². The standard InChI is InChI=1S/C22H25N3O5/c1-14(15-6-8-18(27-2)20(10-15)29-4)24-13-16(12-23)22(26)25-17-7-9-19(28-3)21(11-17)30-5/h6-11,13-14,24H,1-5H3,(H,25,26)/b16-13-. The molecule has 0 spiro atoms. The molecule has 8 nitrogen and oxygen atoms in total.